The third-order valence-corrected chi connectivity index (χ3v) is 4.66. The molecule has 1 unspecified atom stereocenters. The van der Waals surface area contributed by atoms with Gasteiger partial charge in [-0.3, -0.25) is 9.78 Å². The molecule has 4 N–H and O–H groups in total. The van der Waals surface area contributed by atoms with E-state index in [0.29, 0.717) is 0 Å². The molecule has 146 valence electrons. The first-order valence-electron chi connectivity index (χ1n) is 7.53. The monoisotopic (exact) mass is 391 g/mol. The largest absolute Gasteiger partial charge is 0.790 e. The summed E-state index contributed by atoms with van der Waals surface area (Å²) >= 11 is 0. The lowest BCUT2D eigenvalue weighted by Crippen LogP contribution is -2.46. The van der Waals surface area contributed by atoms with Crippen LogP contribution in [0.4, 0.5) is 17.5 Å². The SMILES string of the molecule is COC1[C@H](COP(=O)([O-])[O-])O[C@H](N2CN(C)c3c2nc(N)[nH]c3=O)[C@@H]1O. The summed E-state index contributed by atoms with van der Waals surface area (Å²) in [5.74, 6) is 0.0934. The van der Waals surface area contributed by atoms with Gasteiger partial charge < -0.3 is 49.0 Å². The highest BCUT2D eigenvalue weighted by Crippen LogP contribution is 2.37. The van der Waals surface area contributed by atoms with Gasteiger partial charge in [-0.15, -0.1) is 0 Å². The number of hydrogen-bond donors (Lipinski definition) is 3. The van der Waals surface area contributed by atoms with Crippen LogP contribution in [-0.4, -0.2) is 67.0 Å². The summed E-state index contributed by atoms with van der Waals surface area (Å²) in [7, 11) is -2.27. The van der Waals surface area contributed by atoms with E-state index in [1.165, 1.54) is 12.0 Å². The molecular weight excluding hydrogens is 373 g/mol. The third kappa shape index (κ3) is 3.42. The van der Waals surface area contributed by atoms with Crippen molar-refractivity contribution in [2.45, 2.75) is 24.5 Å². The summed E-state index contributed by atoms with van der Waals surface area (Å²) in [5.41, 5.74) is 5.38. The van der Waals surface area contributed by atoms with E-state index < -0.39 is 44.5 Å². The van der Waals surface area contributed by atoms with Gasteiger partial charge in [0.25, 0.3) is 5.56 Å². The second-order valence-corrected chi connectivity index (χ2v) is 7.08. The molecule has 14 heteroatoms. The summed E-state index contributed by atoms with van der Waals surface area (Å²) in [5, 5.41) is 10.5. The second-order valence-electron chi connectivity index (χ2n) is 5.93. The lowest BCUT2D eigenvalue weighted by Gasteiger charge is -2.30. The molecule has 3 heterocycles. The first kappa shape index (κ1) is 19.0. The number of nitrogens with two attached hydrogens (primary N) is 1. The molecule has 0 radical (unpaired) electrons. The van der Waals surface area contributed by atoms with Crippen molar-refractivity contribution in [1.82, 2.24) is 9.97 Å². The molecule has 0 aliphatic carbocycles. The molecule has 0 spiro atoms. The molecule has 1 saturated heterocycles. The minimum absolute atomic E-state index is 0.108. The topological polar surface area (TPSA) is 189 Å². The molecule has 1 fully saturated rings. The normalized spacial score (nSPS) is 28.7. The van der Waals surface area contributed by atoms with Crippen LogP contribution in [0.5, 0.6) is 0 Å². The van der Waals surface area contributed by atoms with Crippen molar-refractivity contribution in [3.05, 3.63) is 10.4 Å². The van der Waals surface area contributed by atoms with Crippen LogP contribution in [-0.2, 0) is 18.6 Å². The third-order valence-electron chi connectivity index (χ3n) is 4.20. The van der Waals surface area contributed by atoms with E-state index in [4.69, 9.17) is 15.2 Å². The van der Waals surface area contributed by atoms with Crippen LogP contribution in [0.1, 0.15) is 0 Å². The predicted octanol–water partition coefficient (Wildman–Crippen LogP) is -3.49. The Balaban J connectivity index is 1.87. The Kier molecular flexibility index (Phi) is 4.96. The lowest BCUT2D eigenvalue weighted by molar-refractivity contribution is -0.343. The van der Waals surface area contributed by atoms with Crippen LogP contribution in [0.15, 0.2) is 4.79 Å². The van der Waals surface area contributed by atoms with Crippen LogP contribution in [0.3, 0.4) is 0 Å². The molecule has 26 heavy (non-hydrogen) atoms. The highest BCUT2D eigenvalue weighted by molar-refractivity contribution is 7.43. The number of hydrogen-bond acceptors (Lipinski definition) is 12. The summed E-state index contributed by atoms with van der Waals surface area (Å²) in [4.78, 5) is 43.0. The minimum atomic E-state index is -5.21. The minimum Gasteiger partial charge on any atom is -0.790 e. The summed E-state index contributed by atoms with van der Waals surface area (Å²) in [6.45, 7) is -0.458. The zero-order valence-corrected chi connectivity index (χ0v) is 14.8. The molecule has 0 aromatic carbocycles. The smallest absolute Gasteiger partial charge is 0.278 e. The van der Waals surface area contributed by atoms with Crippen LogP contribution < -0.4 is 30.9 Å². The number of aromatic nitrogens is 2. The number of phosphoric acid groups is 1. The van der Waals surface area contributed by atoms with Gasteiger partial charge >= 0.3 is 0 Å². The average molecular weight is 391 g/mol. The van der Waals surface area contributed by atoms with E-state index in [1.807, 2.05) is 0 Å². The number of methoxy groups -OCH3 is 1. The fourth-order valence-electron chi connectivity index (χ4n) is 3.15. The van der Waals surface area contributed by atoms with Gasteiger partial charge in [-0.25, -0.2) is 0 Å². The number of nitrogen functional groups attached to an aromatic ring is 1. The van der Waals surface area contributed by atoms with E-state index in [1.54, 1.807) is 11.9 Å². The molecular formula is C12H18N5O8P-2. The Morgan fingerprint density at radius 3 is 2.85 bits per heavy atom. The van der Waals surface area contributed by atoms with Crippen LogP contribution in [0.25, 0.3) is 0 Å². The van der Waals surface area contributed by atoms with Gasteiger partial charge in [0, 0.05) is 14.2 Å². The summed E-state index contributed by atoms with van der Waals surface area (Å²) in [6.07, 6.45) is -4.23. The number of aromatic amines is 1. The molecule has 3 rings (SSSR count). The number of nitrogens with one attached hydrogen (secondary N) is 1. The van der Waals surface area contributed by atoms with E-state index >= 15 is 0 Å². The summed E-state index contributed by atoms with van der Waals surface area (Å²) in [6, 6.07) is 0. The number of aliphatic hydroxyl groups is 1. The number of aliphatic hydroxyl groups excluding tert-OH is 1. The highest BCUT2D eigenvalue weighted by Gasteiger charge is 2.49. The van der Waals surface area contributed by atoms with Gasteiger partial charge in [-0.2, -0.15) is 4.98 Å². The van der Waals surface area contributed by atoms with Gasteiger partial charge in [-0.1, -0.05) is 0 Å². The van der Waals surface area contributed by atoms with E-state index in [2.05, 4.69) is 14.5 Å². The highest BCUT2D eigenvalue weighted by atomic mass is 31.2. The van der Waals surface area contributed by atoms with Crippen LogP contribution >= 0.6 is 7.82 Å². The van der Waals surface area contributed by atoms with Crippen molar-refractivity contribution in [1.29, 1.82) is 0 Å². The Labute approximate surface area is 147 Å². The van der Waals surface area contributed by atoms with E-state index in [9.17, 15) is 24.3 Å². The maximum Gasteiger partial charge on any atom is 0.278 e. The van der Waals surface area contributed by atoms with Gasteiger partial charge in [0.15, 0.2) is 12.0 Å². The van der Waals surface area contributed by atoms with Gasteiger partial charge in [-0.05, 0) is 0 Å². The molecule has 2 aliphatic heterocycles. The van der Waals surface area contributed by atoms with Gasteiger partial charge in [0.05, 0.1) is 21.1 Å². The Morgan fingerprint density at radius 1 is 1.54 bits per heavy atom. The number of rotatable bonds is 5. The number of anilines is 3. The Morgan fingerprint density at radius 2 is 2.23 bits per heavy atom. The van der Waals surface area contributed by atoms with Crippen LogP contribution in [0, 0.1) is 0 Å². The maximum absolute atomic E-state index is 12.1. The summed E-state index contributed by atoms with van der Waals surface area (Å²) < 4.78 is 25.7. The Hall–Kier alpha value is -1.73. The van der Waals surface area contributed by atoms with E-state index in [0.717, 1.165) is 0 Å². The number of H-pyrrole nitrogens is 1. The molecule has 0 amide bonds. The zero-order chi connectivity index (χ0) is 19.2. The van der Waals surface area contributed by atoms with Crippen molar-refractivity contribution in [2.75, 3.05) is 43.0 Å². The predicted molar refractivity (Wildman–Crippen MR) is 84.0 cm³/mol. The molecule has 2 aliphatic rings. The lowest BCUT2D eigenvalue weighted by atomic mass is 10.1. The number of phosphoric ester groups is 1. The zero-order valence-electron chi connectivity index (χ0n) is 13.9. The quantitative estimate of drug-likeness (QED) is 0.421. The molecule has 1 aromatic heterocycles. The van der Waals surface area contributed by atoms with Crippen molar-refractivity contribution < 1.29 is 33.5 Å². The number of ether oxygens (including phenoxy) is 2. The molecule has 4 atom stereocenters. The first-order chi connectivity index (χ1) is 12.1. The fourth-order valence-corrected chi connectivity index (χ4v) is 3.48. The number of nitrogens with zero attached hydrogens (tertiary/aromatic N) is 3. The average Bonchev–Trinajstić information content (AvgIpc) is 3.01. The second kappa shape index (κ2) is 6.78. The number of fused-ring (bicyclic) bond motifs is 1. The molecule has 1 aromatic rings. The van der Waals surface area contributed by atoms with Gasteiger partial charge in [0.2, 0.25) is 5.95 Å². The maximum atomic E-state index is 12.1. The fraction of sp³-hybridized carbons (Fsp3) is 0.667. The molecule has 0 bridgehead atoms. The van der Waals surface area contributed by atoms with Crippen molar-refractivity contribution in [3.63, 3.8) is 0 Å². The first-order valence-corrected chi connectivity index (χ1v) is 8.99. The Bertz CT molecular complexity index is 783. The standard InChI is InChI=1S/C12H20N5O8P/c1-16-4-17(9-6(16)10(19)15-12(13)14-9)11-7(18)8(23-2)5(25-11)3-24-26(20,21)22/h5,7-8,11,18H,3-4H2,1-2H3,(H2,20,21,22)(H3,13,14,15,19)/p-2/t5-,7+,8?,11-/m0/s1. The molecule has 0 saturated carbocycles. The van der Waals surface area contributed by atoms with Crippen molar-refractivity contribution >= 4 is 25.3 Å². The van der Waals surface area contributed by atoms with E-state index in [-0.39, 0.29) is 24.1 Å². The molecule has 13 nitrogen and oxygen atoms in total. The van der Waals surface area contributed by atoms with Crippen LogP contribution in [0.2, 0.25) is 0 Å². The van der Waals surface area contributed by atoms with Crippen molar-refractivity contribution in [3.8, 4) is 0 Å². The van der Waals surface area contributed by atoms with Crippen molar-refractivity contribution in [2.24, 2.45) is 0 Å². The van der Waals surface area contributed by atoms with Gasteiger partial charge in [0.1, 0.15) is 24.0 Å².